The maximum Gasteiger partial charge on any atom is 0.216 e. The van der Waals surface area contributed by atoms with Crippen LogP contribution in [0.2, 0.25) is 10.0 Å². The van der Waals surface area contributed by atoms with Gasteiger partial charge in [-0.25, -0.2) is 0 Å². The van der Waals surface area contributed by atoms with Gasteiger partial charge < -0.3 is 11.1 Å². The van der Waals surface area contributed by atoms with Gasteiger partial charge in [-0.05, 0) is 18.1 Å². The lowest BCUT2D eigenvalue weighted by Crippen LogP contribution is -2.20. The fourth-order valence-corrected chi connectivity index (χ4v) is 1.66. The van der Waals surface area contributed by atoms with Crippen LogP contribution in [0.25, 0.3) is 6.08 Å². The zero-order chi connectivity index (χ0) is 12.8. The lowest BCUT2D eigenvalue weighted by molar-refractivity contribution is -0.118. The zero-order valence-corrected chi connectivity index (χ0v) is 11.0. The Labute approximate surface area is 111 Å². The van der Waals surface area contributed by atoms with E-state index in [9.17, 15) is 4.79 Å². The molecule has 92 valence electrons. The van der Waals surface area contributed by atoms with Gasteiger partial charge in [-0.3, -0.25) is 4.79 Å². The van der Waals surface area contributed by atoms with Gasteiger partial charge in [-0.15, -0.1) is 0 Å². The number of amides is 1. The van der Waals surface area contributed by atoms with Crippen LogP contribution in [0.1, 0.15) is 18.9 Å². The number of anilines is 1. The first-order valence-electron chi connectivity index (χ1n) is 5.17. The van der Waals surface area contributed by atoms with Crippen molar-refractivity contribution in [3.05, 3.63) is 33.8 Å². The van der Waals surface area contributed by atoms with E-state index in [4.69, 9.17) is 28.9 Å². The summed E-state index contributed by atoms with van der Waals surface area (Å²) in [6.07, 6.45) is 4.51. The van der Waals surface area contributed by atoms with E-state index >= 15 is 0 Å². The van der Waals surface area contributed by atoms with Crippen molar-refractivity contribution in [2.75, 3.05) is 12.3 Å². The molecule has 0 saturated heterocycles. The third kappa shape index (κ3) is 4.29. The van der Waals surface area contributed by atoms with Crippen molar-refractivity contribution in [2.45, 2.75) is 13.3 Å². The van der Waals surface area contributed by atoms with E-state index in [-0.39, 0.29) is 5.91 Å². The molecule has 1 amide bonds. The molecule has 0 bridgehead atoms. The highest BCUT2D eigenvalue weighted by Gasteiger charge is 2.05. The summed E-state index contributed by atoms with van der Waals surface area (Å²) in [6.45, 7) is 2.09. The van der Waals surface area contributed by atoms with Gasteiger partial charge in [-0.1, -0.05) is 41.4 Å². The van der Waals surface area contributed by atoms with E-state index in [1.54, 1.807) is 12.1 Å². The highest BCUT2D eigenvalue weighted by atomic mass is 35.5. The molecular weight excluding hydrogens is 259 g/mol. The minimum absolute atomic E-state index is 0.0352. The molecule has 0 fully saturated rings. The number of nitrogens with two attached hydrogens (primary N) is 1. The van der Waals surface area contributed by atoms with Gasteiger partial charge in [-0.2, -0.15) is 0 Å². The summed E-state index contributed by atoms with van der Waals surface area (Å²) < 4.78 is 0. The molecule has 0 atom stereocenters. The second-order valence-electron chi connectivity index (χ2n) is 3.55. The summed E-state index contributed by atoms with van der Waals surface area (Å²) >= 11 is 11.9. The Bertz CT molecular complexity index is 444. The Hall–Kier alpha value is -1.19. The molecule has 0 heterocycles. The van der Waals surface area contributed by atoms with Crippen molar-refractivity contribution in [1.29, 1.82) is 0 Å². The minimum atomic E-state index is -0.0352. The molecule has 5 heteroatoms. The number of nitrogen functional groups attached to an aromatic ring is 1. The quantitative estimate of drug-likeness (QED) is 0.654. The molecule has 1 rings (SSSR count). The first-order chi connectivity index (χ1) is 8.02. The van der Waals surface area contributed by atoms with E-state index in [2.05, 4.69) is 5.32 Å². The number of benzene rings is 1. The van der Waals surface area contributed by atoms with Crippen LogP contribution >= 0.6 is 23.2 Å². The van der Waals surface area contributed by atoms with Gasteiger partial charge in [0.15, 0.2) is 0 Å². The van der Waals surface area contributed by atoms with Crippen LogP contribution in [0, 0.1) is 0 Å². The second kappa shape index (κ2) is 6.52. The van der Waals surface area contributed by atoms with E-state index in [1.807, 2.05) is 12.2 Å². The molecule has 1 aromatic carbocycles. The number of halogens is 2. The first-order valence-corrected chi connectivity index (χ1v) is 5.92. The standard InChI is InChI=1S/C12H14Cl2N2O/c1-8(17)16-7-3-2-4-9-5-6-10(15)12(14)11(9)13/h2,4-6H,3,7,15H2,1H3,(H,16,17). The van der Waals surface area contributed by atoms with Gasteiger partial charge in [0.25, 0.3) is 0 Å². The van der Waals surface area contributed by atoms with Gasteiger partial charge in [0.05, 0.1) is 15.7 Å². The van der Waals surface area contributed by atoms with Gasteiger partial charge in [0.2, 0.25) is 5.91 Å². The molecule has 0 saturated carbocycles. The van der Waals surface area contributed by atoms with Crippen LogP contribution in [0.5, 0.6) is 0 Å². The van der Waals surface area contributed by atoms with E-state index in [0.717, 1.165) is 12.0 Å². The molecule has 0 spiro atoms. The first kappa shape index (κ1) is 13.9. The zero-order valence-electron chi connectivity index (χ0n) is 9.47. The average molecular weight is 273 g/mol. The fraction of sp³-hybridized carbons (Fsp3) is 0.250. The topological polar surface area (TPSA) is 55.1 Å². The van der Waals surface area contributed by atoms with Crippen LogP contribution in [0.15, 0.2) is 18.2 Å². The van der Waals surface area contributed by atoms with E-state index in [1.165, 1.54) is 6.92 Å². The predicted octanol–water partition coefficient (Wildman–Crippen LogP) is 3.12. The van der Waals surface area contributed by atoms with E-state index < -0.39 is 0 Å². The number of nitrogens with one attached hydrogen (secondary N) is 1. The van der Waals surface area contributed by atoms with Gasteiger partial charge >= 0.3 is 0 Å². The maximum absolute atomic E-state index is 10.6. The Balaban J connectivity index is 2.60. The molecule has 0 aliphatic carbocycles. The van der Waals surface area contributed by atoms with Crippen LogP contribution < -0.4 is 11.1 Å². The fourth-order valence-electron chi connectivity index (χ4n) is 1.25. The molecule has 17 heavy (non-hydrogen) atoms. The molecular formula is C12H14Cl2N2O. The number of rotatable bonds is 4. The highest BCUT2D eigenvalue weighted by Crippen LogP contribution is 2.31. The highest BCUT2D eigenvalue weighted by molar-refractivity contribution is 6.44. The van der Waals surface area contributed by atoms with Crippen LogP contribution in [-0.4, -0.2) is 12.5 Å². The summed E-state index contributed by atoms with van der Waals surface area (Å²) in [5.41, 5.74) is 6.89. The van der Waals surface area contributed by atoms with Crippen molar-refractivity contribution in [3.63, 3.8) is 0 Å². The van der Waals surface area contributed by atoms with Crippen molar-refractivity contribution < 1.29 is 4.79 Å². The summed E-state index contributed by atoms with van der Waals surface area (Å²) in [5, 5.41) is 3.52. The molecule has 3 N–H and O–H groups in total. The summed E-state index contributed by atoms with van der Waals surface area (Å²) in [7, 11) is 0. The van der Waals surface area contributed by atoms with Crippen molar-refractivity contribution in [2.24, 2.45) is 0 Å². The molecule has 0 unspecified atom stereocenters. The third-order valence-corrected chi connectivity index (χ3v) is 3.04. The molecule has 0 aliphatic rings. The summed E-state index contributed by atoms with van der Waals surface area (Å²) in [5.74, 6) is -0.0352. The van der Waals surface area contributed by atoms with Gasteiger partial charge in [0, 0.05) is 13.5 Å². The summed E-state index contributed by atoms with van der Waals surface area (Å²) in [6, 6.07) is 3.51. The number of hydrogen-bond donors (Lipinski definition) is 2. The Morgan fingerprint density at radius 2 is 2.12 bits per heavy atom. The smallest absolute Gasteiger partial charge is 0.216 e. The maximum atomic E-state index is 10.6. The molecule has 1 aromatic rings. The molecule has 0 radical (unpaired) electrons. The van der Waals surface area contributed by atoms with Crippen LogP contribution in [-0.2, 0) is 4.79 Å². The third-order valence-electron chi connectivity index (χ3n) is 2.12. The Morgan fingerprint density at radius 3 is 2.76 bits per heavy atom. The minimum Gasteiger partial charge on any atom is -0.397 e. The lowest BCUT2D eigenvalue weighted by atomic mass is 10.2. The normalized spacial score (nSPS) is 10.8. The largest absolute Gasteiger partial charge is 0.397 e. The molecule has 0 aliphatic heterocycles. The Kier molecular flexibility index (Phi) is 5.32. The van der Waals surface area contributed by atoms with Gasteiger partial charge in [0.1, 0.15) is 0 Å². The molecule has 3 nitrogen and oxygen atoms in total. The average Bonchev–Trinajstić information content (AvgIpc) is 2.28. The predicted molar refractivity (Wildman–Crippen MR) is 73.2 cm³/mol. The number of carbonyl (C=O) groups excluding carboxylic acids is 1. The monoisotopic (exact) mass is 272 g/mol. The number of hydrogen-bond acceptors (Lipinski definition) is 2. The Morgan fingerprint density at radius 1 is 1.41 bits per heavy atom. The van der Waals surface area contributed by atoms with Crippen molar-refractivity contribution in [3.8, 4) is 0 Å². The van der Waals surface area contributed by atoms with Crippen molar-refractivity contribution >= 4 is 40.9 Å². The summed E-state index contributed by atoms with van der Waals surface area (Å²) in [4.78, 5) is 10.6. The van der Waals surface area contributed by atoms with Crippen LogP contribution in [0.3, 0.4) is 0 Å². The lowest BCUT2D eigenvalue weighted by Gasteiger charge is -2.04. The van der Waals surface area contributed by atoms with Crippen molar-refractivity contribution in [1.82, 2.24) is 5.32 Å². The second-order valence-corrected chi connectivity index (χ2v) is 4.30. The van der Waals surface area contributed by atoms with Crippen LogP contribution in [0.4, 0.5) is 5.69 Å². The SMILES string of the molecule is CC(=O)NCCC=Cc1ccc(N)c(Cl)c1Cl. The van der Waals surface area contributed by atoms with E-state index in [0.29, 0.717) is 22.3 Å². The molecule has 0 aromatic heterocycles. The number of carbonyl (C=O) groups is 1.